The van der Waals surface area contributed by atoms with E-state index in [1.165, 1.54) is 0 Å². The molecule has 0 aromatic heterocycles. The highest BCUT2D eigenvalue weighted by atomic mass is 79.9. The van der Waals surface area contributed by atoms with Gasteiger partial charge in [0.15, 0.2) is 0 Å². The van der Waals surface area contributed by atoms with Gasteiger partial charge in [-0.25, -0.2) is 0 Å². The van der Waals surface area contributed by atoms with Gasteiger partial charge in [0.1, 0.15) is 0 Å². The summed E-state index contributed by atoms with van der Waals surface area (Å²) >= 11 is 16.5. The van der Waals surface area contributed by atoms with Crippen molar-refractivity contribution >= 4 is 56.1 Å². The van der Waals surface area contributed by atoms with Crippen molar-refractivity contribution in [1.82, 2.24) is 0 Å². The molecule has 0 heterocycles. The van der Waals surface area contributed by atoms with E-state index < -0.39 is 0 Å². The lowest BCUT2D eigenvalue weighted by Gasteiger charge is -1.99. The van der Waals surface area contributed by atoms with Crippen molar-refractivity contribution in [2.45, 2.75) is 4.90 Å². The monoisotopic (exact) mass is 300 g/mol. The molecule has 10 heavy (non-hydrogen) atoms. The van der Waals surface area contributed by atoms with E-state index in [1.54, 1.807) is 6.07 Å². The lowest BCUT2D eigenvalue weighted by atomic mass is 10.4. The van der Waals surface area contributed by atoms with Crippen molar-refractivity contribution in [3.63, 3.8) is 0 Å². The van der Waals surface area contributed by atoms with Crippen molar-refractivity contribution < 1.29 is 0 Å². The van der Waals surface area contributed by atoms with Crippen molar-refractivity contribution in [3.8, 4) is 0 Å². The van der Waals surface area contributed by atoms with Gasteiger partial charge in [0.25, 0.3) is 0 Å². The minimum atomic E-state index is 0.666. The third kappa shape index (κ3) is 1.91. The molecule has 0 spiro atoms. The molecule has 1 rings (SSSR count). The standard InChI is InChI=1S/C6H3Br2ClS/c7-4-1-3(10)2-5(9)6(4)8/h1-2,10H. The fourth-order valence-corrected chi connectivity index (χ4v) is 2.08. The van der Waals surface area contributed by atoms with Crippen molar-refractivity contribution in [2.75, 3.05) is 0 Å². The summed E-state index contributed by atoms with van der Waals surface area (Å²) in [6.45, 7) is 0. The Balaban J connectivity index is 3.31. The quantitative estimate of drug-likeness (QED) is 0.540. The molecule has 0 unspecified atom stereocenters. The Labute approximate surface area is 86.6 Å². The molecule has 0 aliphatic heterocycles. The van der Waals surface area contributed by atoms with Crippen LogP contribution in [0.5, 0.6) is 0 Å². The summed E-state index contributed by atoms with van der Waals surface area (Å²) in [7, 11) is 0. The smallest absolute Gasteiger partial charge is 0.0570 e. The number of benzene rings is 1. The van der Waals surface area contributed by atoms with Gasteiger partial charge >= 0.3 is 0 Å². The third-order valence-electron chi connectivity index (χ3n) is 0.969. The molecule has 0 amide bonds. The lowest BCUT2D eigenvalue weighted by molar-refractivity contribution is 1.42. The highest BCUT2D eigenvalue weighted by Gasteiger charge is 2.01. The molecule has 0 radical (unpaired) electrons. The summed E-state index contributed by atoms with van der Waals surface area (Å²) in [6.07, 6.45) is 0. The molecule has 0 fully saturated rings. The van der Waals surface area contributed by atoms with E-state index in [4.69, 9.17) is 11.6 Å². The molecule has 0 aliphatic rings. The van der Waals surface area contributed by atoms with Crippen LogP contribution < -0.4 is 0 Å². The maximum absolute atomic E-state index is 5.79. The van der Waals surface area contributed by atoms with E-state index in [-0.39, 0.29) is 0 Å². The Hall–Kier alpha value is 0.820. The molecule has 0 nitrogen and oxygen atoms in total. The predicted octanol–water partition coefficient (Wildman–Crippen LogP) is 4.15. The number of rotatable bonds is 0. The van der Waals surface area contributed by atoms with E-state index in [9.17, 15) is 0 Å². The predicted molar refractivity (Wildman–Crippen MR) is 54.1 cm³/mol. The molecule has 0 N–H and O–H groups in total. The van der Waals surface area contributed by atoms with Gasteiger partial charge in [-0.1, -0.05) is 11.6 Å². The summed E-state index contributed by atoms with van der Waals surface area (Å²) in [5.74, 6) is 0. The normalized spacial score (nSPS) is 10.0. The van der Waals surface area contributed by atoms with Crippen LogP contribution in [-0.4, -0.2) is 0 Å². The number of halogens is 3. The topological polar surface area (TPSA) is 0 Å². The average Bonchev–Trinajstić information content (AvgIpc) is 1.82. The second kappa shape index (κ2) is 3.48. The van der Waals surface area contributed by atoms with Gasteiger partial charge in [-0.05, 0) is 44.0 Å². The SMILES string of the molecule is Sc1cc(Cl)c(Br)c(Br)c1. The van der Waals surface area contributed by atoms with E-state index >= 15 is 0 Å². The largest absolute Gasteiger partial charge is 0.143 e. The van der Waals surface area contributed by atoms with E-state index in [0.29, 0.717) is 5.02 Å². The van der Waals surface area contributed by atoms with E-state index in [1.807, 2.05) is 6.07 Å². The second-order valence-corrected chi connectivity index (χ2v) is 4.29. The minimum Gasteiger partial charge on any atom is -0.143 e. The first-order chi connectivity index (χ1) is 4.61. The van der Waals surface area contributed by atoms with Crippen molar-refractivity contribution in [2.24, 2.45) is 0 Å². The first-order valence-electron chi connectivity index (χ1n) is 2.45. The maximum Gasteiger partial charge on any atom is 0.0570 e. The van der Waals surface area contributed by atoms with E-state index in [2.05, 4.69) is 44.5 Å². The van der Waals surface area contributed by atoms with Gasteiger partial charge in [0.2, 0.25) is 0 Å². The van der Waals surface area contributed by atoms with Crippen LogP contribution >= 0.6 is 56.1 Å². The Kier molecular flexibility index (Phi) is 3.10. The van der Waals surface area contributed by atoms with E-state index in [0.717, 1.165) is 13.8 Å². The van der Waals surface area contributed by atoms with Crippen LogP contribution in [0.1, 0.15) is 0 Å². The van der Waals surface area contributed by atoms with Crippen LogP contribution in [0.4, 0.5) is 0 Å². The van der Waals surface area contributed by atoms with Gasteiger partial charge in [-0.3, -0.25) is 0 Å². The molecule has 0 saturated heterocycles. The summed E-state index contributed by atoms with van der Waals surface area (Å²) in [5, 5.41) is 0.666. The Morgan fingerprint density at radius 2 is 1.90 bits per heavy atom. The zero-order chi connectivity index (χ0) is 7.72. The number of hydrogen-bond acceptors (Lipinski definition) is 1. The van der Waals surface area contributed by atoms with Gasteiger partial charge in [-0.2, -0.15) is 0 Å². The molecule has 0 saturated carbocycles. The summed E-state index contributed by atoms with van der Waals surface area (Å²) in [6, 6.07) is 3.65. The lowest BCUT2D eigenvalue weighted by Crippen LogP contribution is -1.72. The molecular weight excluding hydrogens is 299 g/mol. The third-order valence-corrected chi connectivity index (χ3v) is 3.76. The summed E-state index contributed by atoms with van der Waals surface area (Å²) in [4.78, 5) is 0.847. The molecule has 0 atom stereocenters. The Morgan fingerprint density at radius 1 is 1.30 bits per heavy atom. The molecule has 1 aromatic carbocycles. The maximum atomic E-state index is 5.79. The highest BCUT2D eigenvalue weighted by Crippen LogP contribution is 2.32. The first kappa shape index (κ1) is 8.91. The van der Waals surface area contributed by atoms with Crippen LogP contribution in [0, 0.1) is 0 Å². The number of thiol groups is 1. The van der Waals surface area contributed by atoms with Crippen LogP contribution in [0.3, 0.4) is 0 Å². The first-order valence-corrected chi connectivity index (χ1v) is 4.86. The van der Waals surface area contributed by atoms with Gasteiger partial charge in [0, 0.05) is 9.37 Å². The Bertz CT molecular complexity index is 239. The molecular formula is C6H3Br2ClS. The van der Waals surface area contributed by atoms with Crippen molar-refractivity contribution in [3.05, 3.63) is 26.1 Å². The van der Waals surface area contributed by atoms with Crippen molar-refractivity contribution in [1.29, 1.82) is 0 Å². The van der Waals surface area contributed by atoms with Crippen LogP contribution in [0.25, 0.3) is 0 Å². The van der Waals surface area contributed by atoms with Crippen LogP contribution in [0.15, 0.2) is 26.0 Å². The second-order valence-electron chi connectivity index (χ2n) is 1.72. The molecule has 54 valence electrons. The fraction of sp³-hybridized carbons (Fsp3) is 0. The molecule has 0 aliphatic carbocycles. The molecule has 4 heteroatoms. The summed E-state index contributed by atoms with van der Waals surface area (Å²) in [5.41, 5.74) is 0. The van der Waals surface area contributed by atoms with Crippen LogP contribution in [-0.2, 0) is 0 Å². The fourth-order valence-electron chi connectivity index (χ4n) is 0.542. The highest BCUT2D eigenvalue weighted by molar-refractivity contribution is 9.13. The van der Waals surface area contributed by atoms with Gasteiger partial charge in [-0.15, -0.1) is 12.6 Å². The molecule has 1 aromatic rings. The van der Waals surface area contributed by atoms with Gasteiger partial charge < -0.3 is 0 Å². The summed E-state index contributed by atoms with van der Waals surface area (Å²) < 4.78 is 1.79. The average molecular weight is 302 g/mol. The number of hydrogen-bond donors (Lipinski definition) is 1. The zero-order valence-electron chi connectivity index (χ0n) is 4.74. The van der Waals surface area contributed by atoms with Gasteiger partial charge in [0.05, 0.1) is 9.50 Å². The van der Waals surface area contributed by atoms with Crippen LogP contribution in [0.2, 0.25) is 5.02 Å². The zero-order valence-corrected chi connectivity index (χ0v) is 9.56. The minimum absolute atomic E-state index is 0.666. The molecule has 0 bridgehead atoms. The Morgan fingerprint density at radius 3 is 2.40 bits per heavy atom.